The summed E-state index contributed by atoms with van der Waals surface area (Å²) in [6, 6.07) is 14.8. The Bertz CT molecular complexity index is 1250. The van der Waals surface area contributed by atoms with Crippen LogP contribution in [0.4, 0.5) is 10.1 Å². The number of aromatic nitrogens is 1. The van der Waals surface area contributed by atoms with Crippen LogP contribution in [0.1, 0.15) is 16.8 Å². The molecule has 7 nitrogen and oxygen atoms in total. The first kappa shape index (κ1) is 22.2. The summed E-state index contributed by atoms with van der Waals surface area (Å²) in [5.41, 5.74) is 1.33. The van der Waals surface area contributed by atoms with Gasteiger partial charge in [0.1, 0.15) is 18.0 Å². The SMILES string of the molecule is Cc1ccc(S(=O)(=O)Nc2ccc(C)n(CC(=O)NCc3ccc(F)cc3)c2=O)cc1. The van der Waals surface area contributed by atoms with Gasteiger partial charge in [-0.05, 0) is 55.8 Å². The number of nitrogens with zero attached hydrogens (tertiary/aromatic N) is 1. The Morgan fingerprint density at radius 2 is 1.61 bits per heavy atom. The van der Waals surface area contributed by atoms with Crippen LogP contribution in [0.15, 0.2) is 70.4 Å². The lowest BCUT2D eigenvalue weighted by Gasteiger charge is -2.14. The third-order valence-corrected chi connectivity index (χ3v) is 6.05. The van der Waals surface area contributed by atoms with E-state index in [0.717, 1.165) is 5.56 Å². The van der Waals surface area contributed by atoms with Gasteiger partial charge < -0.3 is 9.88 Å². The highest BCUT2D eigenvalue weighted by Crippen LogP contribution is 2.14. The molecular weight excluding hydrogens is 421 g/mol. The van der Waals surface area contributed by atoms with E-state index in [4.69, 9.17) is 0 Å². The summed E-state index contributed by atoms with van der Waals surface area (Å²) >= 11 is 0. The number of halogens is 1. The maximum Gasteiger partial charge on any atom is 0.275 e. The van der Waals surface area contributed by atoms with Crippen molar-refractivity contribution in [3.05, 3.63) is 93.7 Å². The van der Waals surface area contributed by atoms with Crippen LogP contribution in [0.3, 0.4) is 0 Å². The third-order valence-electron chi connectivity index (χ3n) is 4.67. The van der Waals surface area contributed by atoms with Crippen LogP contribution in [-0.4, -0.2) is 18.9 Å². The zero-order chi connectivity index (χ0) is 22.6. The van der Waals surface area contributed by atoms with Crippen LogP contribution in [0.5, 0.6) is 0 Å². The molecule has 9 heteroatoms. The molecule has 0 saturated carbocycles. The van der Waals surface area contributed by atoms with Gasteiger partial charge in [-0.2, -0.15) is 0 Å². The van der Waals surface area contributed by atoms with Crippen LogP contribution < -0.4 is 15.6 Å². The number of carbonyl (C=O) groups excluding carboxylic acids is 1. The van der Waals surface area contributed by atoms with Crippen molar-refractivity contribution in [3.63, 3.8) is 0 Å². The number of nitrogens with one attached hydrogen (secondary N) is 2. The fourth-order valence-corrected chi connectivity index (χ4v) is 3.93. The monoisotopic (exact) mass is 443 g/mol. The van der Waals surface area contributed by atoms with E-state index in [1.165, 1.54) is 34.9 Å². The molecule has 1 heterocycles. The van der Waals surface area contributed by atoms with Gasteiger partial charge in [-0.25, -0.2) is 12.8 Å². The van der Waals surface area contributed by atoms with Crippen LogP contribution in [0.25, 0.3) is 0 Å². The van der Waals surface area contributed by atoms with E-state index in [9.17, 15) is 22.4 Å². The minimum atomic E-state index is -3.95. The van der Waals surface area contributed by atoms with Crippen molar-refractivity contribution < 1.29 is 17.6 Å². The highest BCUT2D eigenvalue weighted by Gasteiger charge is 2.18. The van der Waals surface area contributed by atoms with E-state index in [1.54, 1.807) is 37.3 Å². The fourth-order valence-electron chi connectivity index (χ4n) is 2.87. The number of sulfonamides is 1. The van der Waals surface area contributed by atoms with Crippen molar-refractivity contribution in [3.8, 4) is 0 Å². The van der Waals surface area contributed by atoms with Crippen molar-refractivity contribution >= 4 is 21.6 Å². The predicted molar refractivity (Wildman–Crippen MR) is 116 cm³/mol. The number of rotatable bonds is 7. The maximum absolute atomic E-state index is 13.0. The lowest BCUT2D eigenvalue weighted by molar-refractivity contribution is -0.121. The zero-order valence-corrected chi connectivity index (χ0v) is 17.9. The van der Waals surface area contributed by atoms with Crippen LogP contribution in [-0.2, 0) is 27.9 Å². The summed E-state index contributed by atoms with van der Waals surface area (Å²) in [5, 5.41) is 2.66. The summed E-state index contributed by atoms with van der Waals surface area (Å²) in [6.07, 6.45) is 0. The number of aryl methyl sites for hydroxylation is 2. The highest BCUT2D eigenvalue weighted by atomic mass is 32.2. The normalized spacial score (nSPS) is 11.2. The first-order valence-electron chi connectivity index (χ1n) is 9.47. The first-order chi connectivity index (χ1) is 14.7. The molecule has 2 aromatic carbocycles. The Balaban J connectivity index is 1.75. The van der Waals surface area contributed by atoms with Crippen molar-refractivity contribution in [2.24, 2.45) is 0 Å². The molecule has 0 radical (unpaired) electrons. The molecule has 0 spiro atoms. The van der Waals surface area contributed by atoms with Crippen LogP contribution in [0.2, 0.25) is 0 Å². The van der Waals surface area contributed by atoms with E-state index in [1.807, 2.05) is 6.92 Å². The Kier molecular flexibility index (Phi) is 6.55. The van der Waals surface area contributed by atoms with Gasteiger partial charge in [0.2, 0.25) is 5.91 Å². The van der Waals surface area contributed by atoms with Crippen LogP contribution in [0, 0.1) is 19.7 Å². The molecule has 2 N–H and O–H groups in total. The Morgan fingerprint density at radius 3 is 2.26 bits per heavy atom. The molecule has 3 rings (SSSR count). The standard InChI is InChI=1S/C22H22FN3O4S/c1-15-3-10-19(11-4-15)31(29,30)25-20-12-5-16(2)26(22(20)28)14-21(27)24-13-17-6-8-18(23)9-7-17/h3-12,25H,13-14H2,1-2H3,(H,24,27). The van der Waals surface area contributed by atoms with Crippen molar-refractivity contribution in [1.29, 1.82) is 0 Å². The number of hydrogen-bond donors (Lipinski definition) is 2. The largest absolute Gasteiger partial charge is 0.350 e. The molecule has 0 aliphatic rings. The molecular formula is C22H22FN3O4S. The molecule has 0 atom stereocenters. The number of benzene rings is 2. The molecule has 1 amide bonds. The van der Waals surface area contributed by atoms with Gasteiger partial charge in [-0.1, -0.05) is 29.8 Å². The molecule has 1 aromatic heterocycles. The minimum absolute atomic E-state index is 0.0293. The fraction of sp³-hybridized carbons (Fsp3) is 0.182. The van der Waals surface area contributed by atoms with E-state index < -0.39 is 21.5 Å². The molecule has 0 fully saturated rings. The minimum Gasteiger partial charge on any atom is -0.350 e. The second-order valence-electron chi connectivity index (χ2n) is 7.10. The van der Waals surface area contributed by atoms with Gasteiger partial charge in [0.05, 0.1) is 4.90 Å². The third kappa shape index (κ3) is 5.58. The van der Waals surface area contributed by atoms with E-state index in [0.29, 0.717) is 11.3 Å². The number of hydrogen-bond acceptors (Lipinski definition) is 4. The number of carbonyl (C=O) groups is 1. The van der Waals surface area contributed by atoms with Crippen molar-refractivity contribution in [2.75, 3.05) is 4.72 Å². The summed E-state index contributed by atoms with van der Waals surface area (Å²) in [7, 11) is -3.95. The predicted octanol–water partition coefficient (Wildman–Crippen LogP) is 2.72. The second kappa shape index (κ2) is 9.13. The van der Waals surface area contributed by atoms with Gasteiger partial charge in [0, 0.05) is 12.2 Å². The lowest BCUT2D eigenvalue weighted by atomic mass is 10.2. The maximum atomic E-state index is 13.0. The van der Waals surface area contributed by atoms with Gasteiger partial charge in [0.15, 0.2) is 0 Å². The van der Waals surface area contributed by atoms with Crippen molar-refractivity contribution in [2.45, 2.75) is 31.8 Å². The zero-order valence-electron chi connectivity index (χ0n) is 17.1. The highest BCUT2D eigenvalue weighted by molar-refractivity contribution is 7.92. The summed E-state index contributed by atoms with van der Waals surface area (Å²) in [6.45, 7) is 3.37. The number of anilines is 1. The smallest absolute Gasteiger partial charge is 0.275 e. The van der Waals surface area contributed by atoms with Crippen molar-refractivity contribution in [1.82, 2.24) is 9.88 Å². The first-order valence-corrected chi connectivity index (χ1v) is 10.9. The van der Waals surface area contributed by atoms with Gasteiger partial charge in [-0.3, -0.25) is 14.3 Å². The van der Waals surface area contributed by atoms with Gasteiger partial charge >= 0.3 is 0 Å². The molecule has 31 heavy (non-hydrogen) atoms. The summed E-state index contributed by atoms with van der Waals surface area (Å²) < 4.78 is 41.7. The van der Waals surface area contributed by atoms with E-state index >= 15 is 0 Å². The average molecular weight is 444 g/mol. The molecule has 0 unspecified atom stereocenters. The van der Waals surface area contributed by atoms with E-state index in [-0.39, 0.29) is 29.5 Å². The lowest BCUT2D eigenvalue weighted by Crippen LogP contribution is -2.34. The number of pyridine rings is 1. The molecule has 0 aliphatic carbocycles. The topological polar surface area (TPSA) is 97.3 Å². The summed E-state index contributed by atoms with van der Waals surface area (Å²) in [4.78, 5) is 25.2. The average Bonchev–Trinajstić information content (AvgIpc) is 2.73. The Morgan fingerprint density at radius 1 is 0.968 bits per heavy atom. The van der Waals surface area contributed by atoms with E-state index in [2.05, 4.69) is 10.0 Å². The van der Waals surface area contributed by atoms with Crippen LogP contribution >= 0.6 is 0 Å². The van der Waals surface area contributed by atoms with Gasteiger partial charge in [0.25, 0.3) is 15.6 Å². The molecule has 162 valence electrons. The number of amides is 1. The Hall–Kier alpha value is -3.46. The van der Waals surface area contributed by atoms with Gasteiger partial charge in [-0.15, -0.1) is 0 Å². The second-order valence-corrected chi connectivity index (χ2v) is 8.78. The molecule has 0 aliphatic heterocycles. The molecule has 3 aromatic rings. The summed E-state index contributed by atoms with van der Waals surface area (Å²) in [5.74, 6) is -0.810. The molecule has 0 saturated heterocycles. The quantitative estimate of drug-likeness (QED) is 0.587. The molecule has 0 bridgehead atoms. The Labute approximate surface area is 179 Å².